The quantitative estimate of drug-likeness (QED) is 0.415. The van der Waals surface area contributed by atoms with Crippen molar-refractivity contribution in [2.24, 2.45) is 4.99 Å². The lowest BCUT2D eigenvalue weighted by atomic mass is 10.2. The van der Waals surface area contributed by atoms with E-state index in [0.717, 1.165) is 31.0 Å². The largest absolute Gasteiger partial charge is 0.484 e. The van der Waals surface area contributed by atoms with Gasteiger partial charge in [0.1, 0.15) is 5.75 Å². The predicted octanol–water partition coefficient (Wildman–Crippen LogP) is 2.53. The molecule has 172 valence electrons. The molecule has 32 heavy (non-hydrogen) atoms. The summed E-state index contributed by atoms with van der Waals surface area (Å²) in [7, 11) is 1.79. The molecule has 2 atom stereocenters. The van der Waals surface area contributed by atoms with Gasteiger partial charge >= 0.3 is 0 Å². The molecule has 1 aliphatic rings. The van der Waals surface area contributed by atoms with E-state index in [1.54, 1.807) is 7.05 Å². The summed E-state index contributed by atoms with van der Waals surface area (Å²) in [6, 6.07) is 19.2. The second-order valence-electron chi connectivity index (χ2n) is 8.16. The molecule has 7 heteroatoms. The van der Waals surface area contributed by atoms with Gasteiger partial charge in [-0.15, -0.1) is 0 Å². The van der Waals surface area contributed by atoms with Crippen LogP contribution in [0.15, 0.2) is 59.6 Å². The number of hydrogen-bond donors (Lipinski definition) is 3. The summed E-state index contributed by atoms with van der Waals surface area (Å²) < 4.78 is 5.58. The van der Waals surface area contributed by atoms with E-state index in [-0.39, 0.29) is 12.5 Å². The van der Waals surface area contributed by atoms with Crippen molar-refractivity contribution in [1.29, 1.82) is 0 Å². The summed E-state index contributed by atoms with van der Waals surface area (Å²) in [5.41, 5.74) is 2.41. The van der Waals surface area contributed by atoms with Gasteiger partial charge in [-0.25, -0.2) is 0 Å². The minimum absolute atomic E-state index is 0.0211. The molecule has 0 aromatic heterocycles. The van der Waals surface area contributed by atoms with Crippen molar-refractivity contribution in [3.63, 3.8) is 0 Å². The molecule has 0 aliphatic carbocycles. The zero-order valence-corrected chi connectivity index (χ0v) is 19.3. The third kappa shape index (κ3) is 7.27. The van der Waals surface area contributed by atoms with Gasteiger partial charge in [-0.05, 0) is 43.5 Å². The number of likely N-dealkylation sites (tertiary alicyclic amines) is 1. The molecular formula is C25H35N5O2. The predicted molar refractivity (Wildman–Crippen MR) is 129 cm³/mol. The van der Waals surface area contributed by atoms with Crippen molar-refractivity contribution in [3.8, 4) is 5.75 Å². The fourth-order valence-corrected chi connectivity index (χ4v) is 3.96. The third-order valence-electron chi connectivity index (χ3n) is 5.60. The first-order valence-corrected chi connectivity index (χ1v) is 11.3. The van der Waals surface area contributed by atoms with E-state index in [2.05, 4.69) is 63.1 Å². The van der Waals surface area contributed by atoms with Gasteiger partial charge in [0.15, 0.2) is 12.6 Å². The molecule has 3 rings (SSSR count). The number of aliphatic imine (C=N–C) groups is 1. The molecule has 0 spiro atoms. The van der Waals surface area contributed by atoms with Crippen LogP contribution in [-0.4, -0.2) is 55.6 Å². The fraction of sp³-hybridized carbons (Fsp3) is 0.440. The smallest absolute Gasteiger partial charge is 0.257 e. The van der Waals surface area contributed by atoms with Crippen LogP contribution in [0.25, 0.3) is 0 Å². The number of nitrogens with zero attached hydrogens (tertiary/aromatic N) is 2. The lowest BCUT2D eigenvalue weighted by Gasteiger charge is -2.21. The maximum Gasteiger partial charge on any atom is 0.257 e. The fourth-order valence-electron chi connectivity index (χ4n) is 3.96. The van der Waals surface area contributed by atoms with Crippen LogP contribution in [0.3, 0.4) is 0 Å². The molecule has 1 amide bonds. The maximum atomic E-state index is 11.6. The number of hydrogen-bond acceptors (Lipinski definition) is 4. The molecule has 1 heterocycles. The number of nitrogens with one attached hydrogen (secondary N) is 3. The zero-order valence-electron chi connectivity index (χ0n) is 19.3. The highest BCUT2D eigenvalue weighted by Crippen LogP contribution is 2.20. The Morgan fingerprint density at radius 2 is 1.91 bits per heavy atom. The summed E-state index contributed by atoms with van der Waals surface area (Å²) in [6.07, 6.45) is 1.08. The maximum absolute atomic E-state index is 11.6. The Bertz CT molecular complexity index is 887. The van der Waals surface area contributed by atoms with E-state index in [4.69, 9.17) is 4.74 Å². The van der Waals surface area contributed by atoms with Gasteiger partial charge in [0.25, 0.3) is 5.91 Å². The van der Waals surface area contributed by atoms with Gasteiger partial charge in [0.2, 0.25) is 0 Å². The van der Waals surface area contributed by atoms with E-state index >= 15 is 0 Å². The molecule has 0 radical (unpaired) electrons. The molecule has 2 aromatic carbocycles. The van der Waals surface area contributed by atoms with Crippen LogP contribution in [0, 0.1) is 0 Å². The lowest BCUT2D eigenvalue weighted by Crippen LogP contribution is -2.44. The van der Waals surface area contributed by atoms with Gasteiger partial charge in [0.05, 0.1) is 0 Å². The van der Waals surface area contributed by atoms with Crippen LogP contribution in [0.5, 0.6) is 5.75 Å². The van der Waals surface area contributed by atoms with Crippen LogP contribution >= 0.6 is 0 Å². The Morgan fingerprint density at radius 3 is 2.66 bits per heavy atom. The van der Waals surface area contributed by atoms with E-state index in [9.17, 15) is 4.79 Å². The minimum Gasteiger partial charge on any atom is -0.484 e. The van der Waals surface area contributed by atoms with Crippen molar-refractivity contribution < 1.29 is 9.53 Å². The van der Waals surface area contributed by atoms with E-state index in [1.165, 1.54) is 5.56 Å². The average Bonchev–Trinajstić information content (AvgIpc) is 3.15. The third-order valence-corrected chi connectivity index (χ3v) is 5.60. The Morgan fingerprint density at radius 1 is 1.12 bits per heavy atom. The number of amides is 1. The van der Waals surface area contributed by atoms with Gasteiger partial charge in [-0.2, -0.15) is 0 Å². The van der Waals surface area contributed by atoms with Crippen LogP contribution in [0.4, 0.5) is 0 Å². The number of benzene rings is 2. The van der Waals surface area contributed by atoms with Crippen molar-refractivity contribution in [2.45, 2.75) is 45.4 Å². The van der Waals surface area contributed by atoms with Gasteiger partial charge in [-0.1, -0.05) is 42.5 Å². The summed E-state index contributed by atoms with van der Waals surface area (Å²) in [4.78, 5) is 18.5. The monoisotopic (exact) mass is 437 g/mol. The first-order chi connectivity index (χ1) is 15.6. The normalized spacial score (nSPS) is 18.9. The molecule has 0 bridgehead atoms. The molecule has 1 fully saturated rings. The first-order valence-electron chi connectivity index (χ1n) is 11.3. The minimum atomic E-state index is -0.118. The van der Waals surface area contributed by atoms with Crippen LogP contribution < -0.4 is 20.7 Å². The lowest BCUT2D eigenvalue weighted by molar-refractivity contribution is -0.122. The van der Waals surface area contributed by atoms with Crippen LogP contribution in [0.1, 0.15) is 31.4 Å². The topological polar surface area (TPSA) is 78.0 Å². The molecule has 0 saturated carbocycles. The molecule has 1 aliphatic heterocycles. The standard InChI is InChI=1S/C25H35N5O2/c1-4-27-24(31)18-32-23-12-8-11-21(14-23)15-28-25(26-3)29-22-13-19(2)30(17-22)16-20-9-6-5-7-10-20/h5-12,14,19,22H,4,13,15-18H2,1-3H3,(H,27,31)(H2,26,28,29). The van der Waals surface area contributed by atoms with Crippen LogP contribution in [0.2, 0.25) is 0 Å². The van der Waals surface area contributed by atoms with Gasteiger partial charge < -0.3 is 20.7 Å². The Hall–Kier alpha value is -3.06. The Labute approximate surface area is 191 Å². The molecule has 7 nitrogen and oxygen atoms in total. The summed E-state index contributed by atoms with van der Waals surface area (Å²) in [6.45, 7) is 7.36. The van der Waals surface area contributed by atoms with Crippen LogP contribution in [-0.2, 0) is 17.9 Å². The SMILES string of the molecule is CCNC(=O)COc1cccc(CNC(=NC)NC2CC(C)N(Cc3ccccc3)C2)c1. The van der Waals surface area contributed by atoms with Crippen molar-refractivity contribution in [1.82, 2.24) is 20.9 Å². The van der Waals surface area contributed by atoms with Crippen molar-refractivity contribution in [3.05, 3.63) is 65.7 Å². The van der Waals surface area contributed by atoms with Gasteiger partial charge in [0, 0.05) is 45.3 Å². The first kappa shape index (κ1) is 23.6. The zero-order chi connectivity index (χ0) is 22.8. The number of likely N-dealkylation sites (N-methyl/N-ethyl adjacent to an activating group) is 1. The highest BCUT2D eigenvalue weighted by Gasteiger charge is 2.29. The van der Waals surface area contributed by atoms with Gasteiger partial charge in [-0.3, -0.25) is 14.7 Å². The molecule has 1 saturated heterocycles. The molecule has 2 aromatic rings. The highest BCUT2D eigenvalue weighted by atomic mass is 16.5. The summed E-state index contributed by atoms with van der Waals surface area (Å²) >= 11 is 0. The Kier molecular flexibility index (Phi) is 8.92. The second-order valence-corrected chi connectivity index (χ2v) is 8.16. The summed E-state index contributed by atoms with van der Waals surface area (Å²) in [5, 5.41) is 9.68. The number of ether oxygens (including phenoxy) is 1. The number of rotatable bonds is 9. The second kappa shape index (κ2) is 12.1. The van der Waals surface area contributed by atoms with Crippen molar-refractivity contribution in [2.75, 3.05) is 26.7 Å². The van der Waals surface area contributed by atoms with Crippen molar-refractivity contribution >= 4 is 11.9 Å². The molecule has 3 N–H and O–H groups in total. The molecular weight excluding hydrogens is 402 g/mol. The van der Waals surface area contributed by atoms with E-state index in [1.807, 2.05) is 31.2 Å². The number of carbonyl (C=O) groups is 1. The molecule has 2 unspecified atom stereocenters. The number of carbonyl (C=O) groups excluding carboxylic acids is 1. The van der Waals surface area contributed by atoms with E-state index in [0.29, 0.717) is 30.9 Å². The average molecular weight is 438 g/mol. The van der Waals surface area contributed by atoms with E-state index < -0.39 is 0 Å². The summed E-state index contributed by atoms with van der Waals surface area (Å²) in [5.74, 6) is 1.35. The number of guanidine groups is 1. The Balaban J connectivity index is 1.47. The highest BCUT2D eigenvalue weighted by molar-refractivity contribution is 5.80.